The number of thioether (sulfide) groups is 1. The molecule has 36 heavy (non-hydrogen) atoms. The van der Waals surface area contributed by atoms with Gasteiger partial charge in [0.05, 0.1) is 17.2 Å². The van der Waals surface area contributed by atoms with Crippen LogP contribution in [-0.4, -0.2) is 38.6 Å². The fourth-order valence-electron chi connectivity index (χ4n) is 3.97. The first-order valence-corrected chi connectivity index (χ1v) is 12.9. The quantitative estimate of drug-likeness (QED) is 0.272. The summed E-state index contributed by atoms with van der Waals surface area (Å²) < 4.78 is 6.69. The van der Waals surface area contributed by atoms with E-state index in [-0.39, 0.29) is 11.0 Å². The van der Waals surface area contributed by atoms with Gasteiger partial charge in [-0.3, -0.25) is 0 Å². The highest BCUT2D eigenvalue weighted by atomic mass is 32.2. The molecule has 7 nitrogen and oxygen atoms in total. The number of carbonyl (C=O) groups is 1. The maximum atomic E-state index is 12.8. The van der Waals surface area contributed by atoms with Crippen LogP contribution in [0.2, 0.25) is 0 Å². The summed E-state index contributed by atoms with van der Waals surface area (Å²) in [7, 11) is 1.36. The second kappa shape index (κ2) is 9.52. The molecule has 1 aliphatic rings. The van der Waals surface area contributed by atoms with Crippen molar-refractivity contribution in [2.45, 2.75) is 10.4 Å². The van der Waals surface area contributed by atoms with E-state index in [0.29, 0.717) is 16.7 Å². The predicted octanol–water partition coefficient (Wildman–Crippen LogP) is 5.96. The first-order valence-electron chi connectivity index (χ1n) is 11.2. The summed E-state index contributed by atoms with van der Waals surface area (Å²) >= 11 is 3.00. The zero-order chi connectivity index (χ0) is 24.5. The fourth-order valence-corrected chi connectivity index (χ4v) is 6.11. The van der Waals surface area contributed by atoms with Crippen molar-refractivity contribution in [2.24, 2.45) is 5.10 Å². The SMILES string of the molecule is COC(=O)C1=Nn2c(nnc2-c2nc(-c3ccccc3)sc2-c2ccccc2)SC1c1ccccc1. The van der Waals surface area contributed by atoms with Crippen molar-refractivity contribution in [3.8, 4) is 32.5 Å². The van der Waals surface area contributed by atoms with Crippen LogP contribution in [-0.2, 0) is 9.53 Å². The molecule has 3 aromatic carbocycles. The molecule has 0 amide bonds. The number of fused-ring (bicyclic) bond motifs is 1. The van der Waals surface area contributed by atoms with Crippen LogP contribution < -0.4 is 0 Å². The highest BCUT2D eigenvalue weighted by Crippen LogP contribution is 2.44. The van der Waals surface area contributed by atoms with Crippen LogP contribution in [0.1, 0.15) is 10.8 Å². The molecule has 1 unspecified atom stereocenters. The van der Waals surface area contributed by atoms with Gasteiger partial charge in [-0.25, -0.2) is 9.78 Å². The van der Waals surface area contributed by atoms with Crippen molar-refractivity contribution < 1.29 is 9.53 Å². The third-order valence-electron chi connectivity index (χ3n) is 5.68. The summed E-state index contributed by atoms with van der Waals surface area (Å²) in [6.07, 6.45) is 0. The molecule has 3 heterocycles. The number of carbonyl (C=O) groups excluding carboxylic acids is 1. The Balaban J connectivity index is 1.52. The van der Waals surface area contributed by atoms with Crippen LogP contribution in [0.25, 0.3) is 32.5 Å². The molecule has 176 valence electrons. The minimum atomic E-state index is -0.492. The molecule has 0 fully saturated rings. The monoisotopic (exact) mass is 509 g/mol. The minimum Gasteiger partial charge on any atom is -0.464 e. The van der Waals surface area contributed by atoms with E-state index in [1.54, 1.807) is 16.0 Å². The Morgan fingerprint density at radius 1 is 0.861 bits per heavy atom. The summed E-state index contributed by atoms with van der Waals surface area (Å²) in [5.74, 6) is -0.0177. The Morgan fingerprint density at radius 3 is 2.17 bits per heavy atom. The lowest BCUT2D eigenvalue weighted by Crippen LogP contribution is -2.26. The van der Waals surface area contributed by atoms with Crippen LogP contribution in [0.15, 0.2) is 101 Å². The van der Waals surface area contributed by atoms with E-state index < -0.39 is 5.97 Å². The van der Waals surface area contributed by atoms with Crippen molar-refractivity contribution in [3.05, 3.63) is 96.6 Å². The lowest BCUT2D eigenvalue weighted by Gasteiger charge is -2.21. The summed E-state index contributed by atoms with van der Waals surface area (Å²) in [5, 5.41) is 14.7. The maximum Gasteiger partial charge on any atom is 0.355 e. The van der Waals surface area contributed by atoms with Crippen LogP contribution in [0, 0.1) is 0 Å². The lowest BCUT2D eigenvalue weighted by atomic mass is 10.1. The summed E-state index contributed by atoms with van der Waals surface area (Å²) in [4.78, 5) is 18.7. The highest BCUT2D eigenvalue weighted by molar-refractivity contribution is 8.00. The lowest BCUT2D eigenvalue weighted by molar-refractivity contribution is -0.132. The number of hydrogen-bond donors (Lipinski definition) is 0. The van der Waals surface area contributed by atoms with E-state index in [4.69, 9.17) is 14.8 Å². The smallest absolute Gasteiger partial charge is 0.355 e. The van der Waals surface area contributed by atoms with Gasteiger partial charge < -0.3 is 4.74 Å². The summed E-state index contributed by atoms with van der Waals surface area (Å²) in [6, 6.07) is 29.8. The van der Waals surface area contributed by atoms with E-state index in [2.05, 4.69) is 10.2 Å². The zero-order valence-electron chi connectivity index (χ0n) is 19.1. The summed E-state index contributed by atoms with van der Waals surface area (Å²) in [6.45, 7) is 0. The van der Waals surface area contributed by atoms with Gasteiger partial charge in [-0.05, 0) is 11.1 Å². The molecule has 0 N–H and O–H groups in total. The van der Waals surface area contributed by atoms with Gasteiger partial charge in [0, 0.05) is 5.56 Å². The number of esters is 1. The van der Waals surface area contributed by atoms with Gasteiger partial charge >= 0.3 is 5.97 Å². The highest BCUT2D eigenvalue weighted by Gasteiger charge is 2.35. The topological polar surface area (TPSA) is 82.3 Å². The van der Waals surface area contributed by atoms with Crippen molar-refractivity contribution in [3.63, 3.8) is 0 Å². The van der Waals surface area contributed by atoms with Crippen molar-refractivity contribution >= 4 is 34.8 Å². The number of thiazole rings is 1. The minimum absolute atomic E-state index is 0.280. The second-order valence-electron chi connectivity index (χ2n) is 7.93. The van der Waals surface area contributed by atoms with Gasteiger partial charge in [-0.1, -0.05) is 103 Å². The average Bonchev–Trinajstić information content (AvgIpc) is 3.57. The molecule has 0 radical (unpaired) electrons. The van der Waals surface area contributed by atoms with Crippen molar-refractivity contribution in [1.29, 1.82) is 0 Å². The Bertz CT molecular complexity index is 1560. The molecule has 5 aromatic rings. The van der Waals surface area contributed by atoms with Gasteiger partial charge in [0.1, 0.15) is 10.7 Å². The van der Waals surface area contributed by atoms with E-state index in [0.717, 1.165) is 26.6 Å². The number of rotatable bonds is 5. The standard InChI is InChI=1S/C27H19N5O2S2/c1-34-26(33)21-23(18-13-7-3-8-14-18)36-27-30-29-24(32(27)31-21)20-22(17-11-5-2-6-12-17)35-25(28-20)19-15-9-4-10-16-19/h2-16,23H,1H3. The predicted molar refractivity (Wildman–Crippen MR) is 142 cm³/mol. The molecule has 9 heteroatoms. The second-order valence-corrected chi connectivity index (χ2v) is 10.0. The Morgan fingerprint density at radius 2 is 1.50 bits per heavy atom. The fraction of sp³-hybridized carbons (Fsp3) is 0.0741. The molecular formula is C27H19N5O2S2. The molecule has 0 spiro atoms. The van der Waals surface area contributed by atoms with Crippen LogP contribution in [0.3, 0.4) is 0 Å². The van der Waals surface area contributed by atoms with E-state index >= 15 is 0 Å². The third kappa shape index (κ3) is 4.02. The van der Waals surface area contributed by atoms with E-state index in [1.807, 2.05) is 91.0 Å². The number of aromatic nitrogens is 4. The number of ether oxygens (including phenoxy) is 1. The average molecular weight is 510 g/mol. The van der Waals surface area contributed by atoms with E-state index in [1.165, 1.54) is 18.9 Å². The Hall–Kier alpha value is -4.08. The van der Waals surface area contributed by atoms with Gasteiger partial charge in [0.15, 0.2) is 5.71 Å². The van der Waals surface area contributed by atoms with Gasteiger partial charge in [-0.2, -0.15) is 9.78 Å². The van der Waals surface area contributed by atoms with Crippen LogP contribution in [0.4, 0.5) is 0 Å². The summed E-state index contributed by atoms with van der Waals surface area (Å²) in [5.41, 5.74) is 3.92. The molecule has 6 rings (SSSR count). The van der Waals surface area contributed by atoms with Crippen molar-refractivity contribution in [1.82, 2.24) is 19.9 Å². The first kappa shape index (κ1) is 22.4. The van der Waals surface area contributed by atoms with Gasteiger partial charge in [0.2, 0.25) is 11.0 Å². The van der Waals surface area contributed by atoms with Crippen LogP contribution >= 0.6 is 23.1 Å². The number of benzene rings is 3. The van der Waals surface area contributed by atoms with Crippen molar-refractivity contribution in [2.75, 3.05) is 7.11 Å². The number of hydrogen-bond acceptors (Lipinski definition) is 8. The molecular weight excluding hydrogens is 490 g/mol. The Kier molecular flexibility index (Phi) is 5.92. The molecule has 0 bridgehead atoms. The van der Waals surface area contributed by atoms with Gasteiger partial charge in [-0.15, -0.1) is 21.5 Å². The number of nitrogens with zero attached hydrogens (tertiary/aromatic N) is 5. The van der Waals surface area contributed by atoms with Gasteiger partial charge in [0.25, 0.3) is 0 Å². The molecule has 0 aliphatic carbocycles. The molecule has 0 saturated heterocycles. The number of methoxy groups -OCH3 is 1. The third-order valence-corrected chi connectivity index (χ3v) is 8.03. The van der Waals surface area contributed by atoms with E-state index in [9.17, 15) is 4.79 Å². The normalized spacial score (nSPS) is 14.7. The molecule has 0 saturated carbocycles. The first-order chi connectivity index (χ1) is 17.7. The molecule has 1 atom stereocenters. The molecule has 1 aliphatic heterocycles. The Labute approximate surface area is 215 Å². The van der Waals surface area contributed by atoms with Crippen LogP contribution in [0.5, 0.6) is 0 Å². The maximum absolute atomic E-state index is 12.8. The zero-order valence-corrected chi connectivity index (χ0v) is 20.7. The largest absolute Gasteiger partial charge is 0.464 e. The molecule has 2 aromatic heterocycles.